The Morgan fingerprint density at radius 1 is 0.929 bits per heavy atom. The number of carbonyl (C=O) groups excluding carboxylic acids is 2. The lowest BCUT2D eigenvalue weighted by atomic mass is 10.1. The van der Waals surface area contributed by atoms with Crippen LogP contribution in [0.25, 0.3) is 0 Å². The molecule has 0 saturated carbocycles. The van der Waals surface area contributed by atoms with Crippen molar-refractivity contribution in [2.75, 3.05) is 13.2 Å². The Balaban J connectivity index is 2.54. The van der Waals surface area contributed by atoms with Gasteiger partial charge in [-0.05, 0) is 46.2 Å². The van der Waals surface area contributed by atoms with Gasteiger partial charge >= 0.3 is 11.9 Å². The van der Waals surface area contributed by atoms with E-state index in [1.54, 1.807) is 31.2 Å². The van der Waals surface area contributed by atoms with E-state index in [9.17, 15) is 9.59 Å². The molecule has 0 radical (unpaired) electrons. The van der Waals surface area contributed by atoms with Crippen LogP contribution in [0.4, 0.5) is 0 Å². The predicted molar refractivity (Wildman–Crippen MR) is 111 cm³/mol. The van der Waals surface area contributed by atoms with E-state index >= 15 is 0 Å². The number of unbranched alkanes of at least 4 members (excludes halogenated alkanes) is 5. The van der Waals surface area contributed by atoms with Gasteiger partial charge in [0.15, 0.2) is 0 Å². The van der Waals surface area contributed by atoms with Crippen LogP contribution in [0.2, 0.25) is 0 Å². The van der Waals surface area contributed by atoms with E-state index in [2.05, 4.69) is 6.92 Å². The highest BCUT2D eigenvalue weighted by Gasteiger charge is 2.21. The van der Waals surface area contributed by atoms with Crippen molar-refractivity contribution in [3.63, 3.8) is 0 Å². The highest BCUT2D eigenvalue weighted by atomic mass is 16.6. The molecule has 0 bridgehead atoms. The number of ether oxygens (including phenoxy) is 3. The first-order chi connectivity index (χ1) is 13.2. The van der Waals surface area contributed by atoms with Crippen molar-refractivity contribution in [3.05, 3.63) is 35.4 Å². The number of carbonyl (C=O) groups is 2. The molecule has 0 saturated heterocycles. The van der Waals surface area contributed by atoms with Crippen molar-refractivity contribution in [3.8, 4) is 0 Å². The minimum atomic E-state index is -0.544. The van der Waals surface area contributed by atoms with E-state index < -0.39 is 18.0 Å². The van der Waals surface area contributed by atoms with Gasteiger partial charge in [-0.1, -0.05) is 51.2 Å². The van der Waals surface area contributed by atoms with Crippen LogP contribution in [0, 0.1) is 0 Å². The van der Waals surface area contributed by atoms with E-state index in [1.165, 1.54) is 19.3 Å². The fourth-order valence-corrected chi connectivity index (χ4v) is 2.61. The molecule has 0 amide bonds. The Kier molecular flexibility index (Phi) is 10.8. The van der Waals surface area contributed by atoms with Gasteiger partial charge in [-0.25, -0.2) is 9.59 Å². The number of benzene rings is 1. The Bertz CT molecular complexity index is 603. The van der Waals surface area contributed by atoms with Crippen LogP contribution < -0.4 is 0 Å². The summed E-state index contributed by atoms with van der Waals surface area (Å²) < 4.78 is 16.4. The lowest BCUT2D eigenvalue weighted by Crippen LogP contribution is -2.28. The summed E-state index contributed by atoms with van der Waals surface area (Å²) in [5, 5.41) is 0. The maximum absolute atomic E-state index is 12.5. The zero-order chi connectivity index (χ0) is 21.0. The highest BCUT2D eigenvalue weighted by Crippen LogP contribution is 2.15. The van der Waals surface area contributed by atoms with E-state index in [1.807, 2.05) is 20.8 Å². The number of esters is 2. The molecular weight excluding hydrogens is 356 g/mol. The minimum Gasteiger partial charge on any atom is -0.462 e. The topological polar surface area (TPSA) is 61.8 Å². The second-order valence-electron chi connectivity index (χ2n) is 8.09. The second kappa shape index (κ2) is 12.6. The van der Waals surface area contributed by atoms with E-state index in [0.717, 1.165) is 19.3 Å². The van der Waals surface area contributed by atoms with Crippen molar-refractivity contribution < 1.29 is 23.8 Å². The van der Waals surface area contributed by atoms with E-state index in [-0.39, 0.29) is 16.7 Å². The third-order valence-electron chi connectivity index (χ3n) is 4.16. The molecule has 0 aliphatic heterocycles. The molecule has 5 nitrogen and oxygen atoms in total. The Morgan fingerprint density at radius 3 is 2.11 bits per heavy atom. The fraction of sp³-hybridized carbons (Fsp3) is 0.652. The van der Waals surface area contributed by atoms with Gasteiger partial charge in [-0.3, -0.25) is 0 Å². The predicted octanol–water partition coefficient (Wildman–Crippen LogP) is 5.56. The van der Waals surface area contributed by atoms with Crippen LogP contribution in [0.3, 0.4) is 0 Å². The summed E-state index contributed by atoms with van der Waals surface area (Å²) >= 11 is 0. The molecule has 1 aromatic carbocycles. The van der Waals surface area contributed by atoms with Gasteiger partial charge in [0, 0.05) is 0 Å². The van der Waals surface area contributed by atoms with Gasteiger partial charge in [-0.2, -0.15) is 0 Å². The molecule has 0 heterocycles. The van der Waals surface area contributed by atoms with Crippen LogP contribution >= 0.6 is 0 Å². The molecule has 28 heavy (non-hydrogen) atoms. The molecule has 5 heteroatoms. The molecule has 1 rings (SSSR count). The van der Waals surface area contributed by atoms with Crippen molar-refractivity contribution in [2.24, 2.45) is 0 Å². The molecule has 1 atom stereocenters. The van der Waals surface area contributed by atoms with E-state index in [0.29, 0.717) is 13.2 Å². The van der Waals surface area contributed by atoms with E-state index in [4.69, 9.17) is 14.2 Å². The highest BCUT2D eigenvalue weighted by molar-refractivity contribution is 6.03. The Morgan fingerprint density at radius 2 is 1.50 bits per heavy atom. The summed E-state index contributed by atoms with van der Waals surface area (Å²) in [6.07, 6.45) is 6.29. The smallest absolute Gasteiger partial charge is 0.339 e. The third-order valence-corrected chi connectivity index (χ3v) is 4.16. The van der Waals surface area contributed by atoms with Gasteiger partial charge in [0.25, 0.3) is 0 Å². The molecule has 0 fully saturated rings. The molecule has 0 aliphatic rings. The van der Waals surface area contributed by atoms with Gasteiger partial charge in [0.2, 0.25) is 0 Å². The van der Waals surface area contributed by atoms with Crippen LogP contribution in [0.15, 0.2) is 24.3 Å². The number of hydrogen-bond donors (Lipinski definition) is 0. The number of rotatable bonds is 12. The lowest BCUT2D eigenvalue weighted by Gasteiger charge is -2.22. The number of hydrogen-bond acceptors (Lipinski definition) is 5. The SMILES string of the molecule is CCCCCCCCOC(=O)c1ccccc1C(=O)OC(C)COC(C)(C)C. The van der Waals surface area contributed by atoms with Crippen molar-refractivity contribution in [2.45, 2.75) is 84.8 Å². The van der Waals surface area contributed by atoms with Crippen LogP contribution in [-0.4, -0.2) is 36.9 Å². The molecule has 1 aromatic rings. The molecule has 0 N–H and O–H groups in total. The molecule has 0 aliphatic carbocycles. The summed E-state index contributed by atoms with van der Waals surface area (Å²) in [6, 6.07) is 6.60. The summed E-state index contributed by atoms with van der Waals surface area (Å²) in [6.45, 7) is 10.4. The first kappa shape index (κ1) is 24.2. The van der Waals surface area contributed by atoms with Crippen molar-refractivity contribution in [1.29, 1.82) is 0 Å². The lowest BCUT2D eigenvalue weighted by molar-refractivity contribution is -0.0531. The average Bonchev–Trinajstić information content (AvgIpc) is 2.65. The quantitative estimate of drug-likeness (QED) is 0.344. The average molecular weight is 393 g/mol. The summed E-state index contributed by atoms with van der Waals surface area (Å²) in [5.74, 6) is -1.03. The first-order valence-electron chi connectivity index (χ1n) is 10.4. The van der Waals surface area contributed by atoms with Crippen LogP contribution in [0.1, 0.15) is 93.9 Å². The molecule has 0 spiro atoms. The first-order valence-corrected chi connectivity index (χ1v) is 10.4. The molecule has 0 aromatic heterocycles. The normalized spacial score (nSPS) is 12.5. The van der Waals surface area contributed by atoms with Crippen LogP contribution in [-0.2, 0) is 14.2 Å². The fourth-order valence-electron chi connectivity index (χ4n) is 2.61. The molecule has 158 valence electrons. The molecule has 1 unspecified atom stereocenters. The van der Waals surface area contributed by atoms with Gasteiger partial charge in [0.05, 0.1) is 29.9 Å². The Hall–Kier alpha value is -1.88. The maximum atomic E-state index is 12.5. The summed E-state index contributed by atoms with van der Waals surface area (Å²) in [5.41, 5.74) is 0.152. The summed E-state index contributed by atoms with van der Waals surface area (Å²) in [4.78, 5) is 24.9. The Labute approximate surface area is 169 Å². The zero-order valence-corrected chi connectivity index (χ0v) is 18.1. The standard InChI is InChI=1S/C23H36O5/c1-6-7-8-9-10-13-16-26-21(24)19-14-11-12-15-20(19)22(25)28-18(2)17-27-23(3,4)5/h11-12,14-15,18H,6-10,13,16-17H2,1-5H3. The maximum Gasteiger partial charge on any atom is 0.339 e. The monoisotopic (exact) mass is 392 g/mol. The van der Waals surface area contributed by atoms with Crippen molar-refractivity contribution >= 4 is 11.9 Å². The summed E-state index contributed by atoms with van der Waals surface area (Å²) in [7, 11) is 0. The van der Waals surface area contributed by atoms with Crippen molar-refractivity contribution in [1.82, 2.24) is 0 Å². The van der Waals surface area contributed by atoms with Gasteiger partial charge in [-0.15, -0.1) is 0 Å². The van der Waals surface area contributed by atoms with Crippen LogP contribution in [0.5, 0.6) is 0 Å². The van der Waals surface area contributed by atoms with Gasteiger partial charge < -0.3 is 14.2 Å². The molecular formula is C23H36O5. The van der Waals surface area contributed by atoms with Gasteiger partial charge in [0.1, 0.15) is 6.10 Å². The minimum absolute atomic E-state index is 0.220. The third kappa shape index (κ3) is 9.88. The largest absolute Gasteiger partial charge is 0.462 e. The second-order valence-corrected chi connectivity index (χ2v) is 8.09. The zero-order valence-electron chi connectivity index (χ0n) is 18.1.